The van der Waals surface area contributed by atoms with E-state index >= 15 is 0 Å². The smallest absolute Gasteiger partial charge is 0.306 e. The van der Waals surface area contributed by atoms with Gasteiger partial charge < -0.3 is 28.6 Å². The lowest BCUT2D eigenvalue weighted by Gasteiger charge is -2.34. The molecule has 0 aromatic heterocycles. The highest BCUT2D eigenvalue weighted by atomic mass is 16.6. The lowest BCUT2D eigenvalue weighted by molar-refractivity contribution is -0.889. The summed E-state index contributed by atoms with van der Waals surface area (Å²) in [5.74, 6) is -1.72. The fraction of sp³-hybridized carbons (Fsp3) is 0.930. The van der Waals surface area contributed by atoms with E-state index in [1.165, 1.54) is 135 Å². The standard InChI is InChI=1S/C43H83NO7/c1-6-8-10-12-14-16-18-20-22-23-25-27-29-31-33-41(45)50-38-39(37-49-36-35-40(43(47)48)44(3,4)5)51-42(46)34-32-30-28-26-24-21-19-17-15-13-11-9-7-2/h39-40H,6-38H2,1-5H3. The molecule has 0 aliphatic rings. The molecule has 8 nitrogen and oxygen atoms in total. The molecule has 0 aromatic rings. The third kappa shape index (κ3) is 33.9. The monoisotopic (exact) mass is 726 g/mol. The largest absolute Gasteiger partial charge is 0.544 e. The summed E-state index contributed by atoms with van der Waals surface area (Å²) in [5.41, 5.74) is 0. The highest BCUT2D eigenvalue weighted by Gasteiger charge is 2.25. The highest BCUT2D eigenvalue weighted by Crippen LogP contribution is 2.16. The summed E-state index contributed by atoms with van der Waals surface area (Å²) in [6, 6.07) is -0.718. The van der Waals surface area contributed by atoms with E-state index in [1.807, 2.05) is 0 Å². The fourth-order valence-electron chi connectivity index (χ4n) is 6.60. The second-order valence-electron chi connectivity index (χ2n) is 15.9. The number of likely N-dealkylation sites (N-methyl/N-ethyl adjacent to an activating group) is 1. The van der Waals surface area contributed by atoms with E-state index in [-0.39, 0.29) is 42.7 Å². The van der Waals surface area contributed by atoms with Gasteiger partial charge >= 0.3 is 11.9 Å². The van der Waals surface area contributed by atoms with Crippen LogP contribution in [0.1, 0.15) is 206 Å². The molecule has 0 spiro atoms. The van der Waals surface area contributed by atoms with Crippen LogP contribution >= 0.6 is 0 Å². The number of hydrogen-bond donors (Lipinski definition) is 0. The zero-order valence-corrected chi connectivity index (χ0v) is 34.3. The maximum Gasteiger partial charge on any atom is 0.306 e. The molecule has 0 aromatic carbocycles. The minimum Gasteiger partial charge on any atom is -0.544 e. The zero-order chi connectivity index (χ0) is 37.8. The van der Waals surface area contributed by atoms with Gasteiger partial charge in [-0.25, -0.2) is 0 Å². The van der Waals surface area contributed by atoms with Gasteiger partial charge in [0.1, 0.15) is 12.6 Å². The molecule has 0 aliphatic carbocycles. The topological polar surface area (TPSA) is 102 Å². The predicted octanol–water partition coefficient (Wildman–Crippen LogP) is 10.0. The molecule has 8 heteroatoms. The Labute approximate surface area is 315 Å². The van der Waals surface area contributed by atoms with E-state index in [2.05, 4.69) is 13.8 Å². The van der Waals surface area contributed by atoms with Crippen LogP contribution in [0.2, 0.25) is 0 Å². The number of aliphatic carboxylic acids is 1. The molecule has 0 N–H and O–H groups in total. The lowest BCUT2D eigenvalue weighted by Crippen LogP contribution is -2.55. The van der Waals surface area contributed by atoms with Crippen LogP contribution in [-0.4, -0.2) is 75.5 Å². The summed E-state index contributed by atoms with van der Waals surface area (Å²) >= 11 is 0. The van der Waals surface area contributed by atoms with E-state index in [4.69, 9.17) is 14.2 Å². The molecule has 2 atom stereocenters. The summed E-state index contributed by atoms with van der Waals surface area (Å²) in [5, 5.41) is 11.6. The Morgan fingerprint density at radius 2 is 0.863 bits per heavy atom. The first kappa shape index (κ1) is 49.3. The Bertz CT molecular complexity index is 813. The molecule has 0 aliphatic heterocycles. The number of hydrogen-bond acceptors (Lipinski definition) is 7. The molecule has 0 fully saturated rings. The average Bonchev–Trinajstić information content (AvgIpc) is 3.08. The Morgan fingerprint density at radius 3 is 1.22 bits per heavy atom. The third-order valence-corrected chi connectivity index (χ3v) is 9.99. The van der Waals surface area contributed by atoms with Gasteiger partial charge in [0.15, 0.2) is 6.10 Å². The first-order valence-corrected chi connectivity index (χ1v) is 21.6. The van der Waals surface area contributed by atoms with E-state index in [0.29, 0.717) is 12.8 Å². The van der Waals surface area contributed by atoms with Crippen LogP contribution in [0.4, 0.5) is 0 Å². The number of rotatable bonds is 39. The first-order valence-electron chi connectivity index (χ1n) is 21.6. The van der Waals surface area contributed by atoms with Crippen LogP contribution in [0.15, 0.2) is 0 Å². The molecule has 51 heavy (non-hydrogen) atoms. The molecule has 0 saturated carbocycles. The molecule has 0 rings (SSSR count). The molecule has 0 bridgehead atoms. The molecule has 0 saturated heterocycles. The van der Waals surface area contributed by atoms with Crippen molar-refractivity contribution >= 4 is 17.9 Å². The number of unbranched alkanes of at least 4 members (excludes halogenated alkanes) is 25. The quantitative estimate of drug-likeness (QED) is 0.0353. The molecular formula is C43H83NO7. The maximum atomic E-state index is 12.7. The number of carbonyl (C=O) groups excluding carboxylic acids is 3. The van der Waals surface area contributed by atoms with Gasteiger partial charge in [0.05, 0.1) is 40.3 Å². The highest BCUT2D eigenvalue weighted by molar-refractivity contribution is 5.70. The number of nitrogens with zero attached hydrogens (tertiary/aromatic N) is 1. The van der Waals surface area contributed by atoms with Crippen LogP contribution in [0.25, 0.3) is 0 Å². The number of carbonyl (C=O) groups is 3. The predicted molar refractivity (Wildman–Crippen MR) is 208 cm³/mol. The van der Waals surface area contributed by atoms with Gasteiger partial charge in [-0.1, -0.05) is 174 Å². The van der Waals surface area contributed by atoms with Gasteiger partial charge in [-0.05, 0) is 12.8 Å². The number of carboxylic acid groups (broad SMARTS) is 1. The van der Waals surface area contributed by atoms with Crippen LogP contribution in [-0.2, 0) is 28.6 Å². The van der Waals surface area contributed by atoms with Crippen molar-refractivity contribution in [2.75, 3.05) is 41.0 Å². The van der Waals surface area contributed by atoms with E-state index in [9.17, 15) is 19.5 Å². The van der Waals surface area contributed by atoms with E-state index in [1.54, 1.807) is 21.1 Å². The Balaban J connectivity index is 4.32. The minimum atomic E-state index is -1.12. The molecule has 0 radical (unpaired) electrons. The van der Waals surface area contributed by atoms with Crippen molar-refractivity contribution in [2.24, 2.45) is 0 Å². The maximum absolute atomic E-state index is 12.7. The van der Waals surface area contributed by atoms with Crippen LogP contribution < -0.4 is 5.11 Å². The minimum absolute atomic E-state index is 0.0490. The third-order valence-electron chi connectivity index (χ3n) is 9.99. The number of ether oxygens (including phenoxy) is 3. The molecular weight excluding hydrogens is 642 g/mol. The Morgan fingerprint density at radius 1 is 0.510 bits per heavy atom. The van der Waals surface area contributed by atoms with Crippen LogP contribution in [0.3, 0.4) is 0 Å². The molecule has 0 heterocycles. The Kier molecular flexibility index (Phi) is 34.2. The summed E-state index contributed by atoms with van der Waals surface area (Å²) in [7, 11) is 5.41. The first-order chi connectivity index (χ1) is 24.6. The van der Waals surface area contributed by atoms with Crippen molar-refractivity contribution in [1.82, 2.24) is 0 Å². The number of quaternary nitrogens is 1. The van der Waals surface area contributed by atoms with Crippen molar-refractivity contribution in [2.45, 2.75) is 219 Å². The summed E-state index contributed by atoms with van der Waals surface area (Å²) < 4.78 is 17.2. The van der Waals surface area contributed by atoms with Crippen LogP contribution in [0, 0.1) is 0 Å². The average molecular weight is 726 g/mol. The molecule has 2 unspecified atom stereocenters. The van der Waals surface area contributed by atoms with Crippen molar-refractivity contribution in [1.29, 1.82) is 0 Å². The van der Waals surface area contributed by atoms with Crippen molar-refractivity contribution in [3.8, 4) is 0 Å². The second-order valence-corrected chi connectivity index (χ2v) is 15.9. The van der Waals surface area contributed by atoms with Gasteiger partial charge in [-0.3, -0.25) is 9.59 Å². The van der Waals surface area contributed by atoms with Crippen molar-refractivity contribution in [3.05, 3.63) is 0 Å². The fourth-order valence-corrected chi connectivity index (χ4v) is 6.60. The Hall–Kier alpha value is -1.67. The number of carboxylic acids is 1. The number of esters is 2. The lowest BCUT2D eigenvalue weighted by atomic mass is 10.0. The van der Waals surface area contributed by atoms with Gasteiger partial charge in [-0.2, -0.15) is 0 Å². The van der Waals surface area contributed by atoms with E-state index in [0.717, 1.165) is 38.5 Å². The normalized spacial score (nSPS) is 12.9. The summed E-state index contributed by atoms with van der Waals surface area (Å²) in [4.78, 5) is 36.8. The SMILES string of the molecule is CCCCCCCCCCCCCCCCC(=O)OCC(COCCC(C(=O)[O-])[N+](C)(C)C)OC(=O)CCCCCCCCCCCCCCC. The summed E-state index contributed by atoms with van der Waals surface area (Å²) in [6.07, 6.45) is 34.0. The van der Waals surface area contributed by atoms with Crippen molar-refractivity contribution < 1.29 is 38.2 Å². The van der Waals surface area contributed by atoms with Crippen molar-refractivity contribution in [3.63, 3.8) is 0 Å². The zero-order valence-electron chi connectivity index (χ0n) is 34.3. The second kappa shape index (κ2) is 35.4. The van der Waals surface area contributed by atoms with Crippen LogP contribution in [0.5, 0.6) is 0 Å². The van der Waals surface area contributed by atoms with Gasteiger partial charge in [0.2, 0.25) is 0 Å². The molecule has 302 valence electrons. The van der Waals surface area contributed by atoms with Gasteiger partial charge in [0, 0.05) is 19.3 Å². The van der Waals surface area contributed by atoms with Gasteiger partial charge in [0.25, 0.3) is 0 Å². The summed E-state index contributed by atoms with van der Waals surface area (Å²) in [6.45, 7) is 4.69. The van der Waals surface area contributed by atoms with E-state index < -0.39 is 18.1 Å². The van der Waals surface area contributed by atoms with Gasteiger partial charge in [-0.15, -0.1) is 0 Å². The molecule has 0 amide bonds.